The fraction of sp³-hybridized carbons (Fsp3) is 0.143. The quantitative estimate of drug-likeness (QED) is 0.731. The summed E-state index contributed by atoms with van der Waals surface area (Å²) < 4.78 is 39.2. The van der Waals surface area contributed by atoms with Gasteiger partial charge in [0.05, 0.1) is 23.8 Å². The highest BCUT2D eigenvalue weighted by Gasteiger charge is 2.17. The van der Waals surface area contributed by atoms with Crippen LogP contribution in [0.25, 0.3) is 11.1 Å². The van der Waals surface area contributed by atoms with E-state index in [9.17, 15) is 8.42 Å². The molecular weight excluding hydrogens is 362 g/mol. The van der Waals surface area contributed by atoms with Crippen LogP contribution in [-0.2, 0) is 10.0 Å². The molecule has 3 aromatic rings. The molecule has 6 heteroatoms. The third kappa shape index (κ3) is 3.90. The van der Waals surface area contributed by atoms with Crippen molar-refractivity contribution in [2.75, 3.05) is 17.9 Å². The lowest BCUT2D eigenvalue weighted by atomic mass is 10.1. The molecule has 0 radical (unpaired) electrons. The van der Waals surface area contributed by atoms with E-state index in [0.29, 0.717) is 30.4 Å². The molecule has 0 fully saturated rings. The zero-order chi connectivity index (χ0) is 18.7. The molecule has 0 bridgehead atoms. The predicted molar refractivity (Wildman–Crippen MR) is 105 cm³/mol. The van der Waals surface area contributed by atoms with Gasteiger partial charge in [-0.3, -0.25) is 4.72 Å². The van der Waals surface area contributed by atoms with E-state index in [-0.39, 0.29) is 4.90 Å². The van der Waals surface area contributed by atoms with Gasteiger partial charge in [0.25, 0.3) is 10.0 Å². The Balaban J connectivity index is 1.56. The second-order valence-corrected chi connectivity index (χ2v) is 7.89. The van der Waals surface area contributed by atoms with Crippen LogP contribution in [-0.4, -0.2) is 21.6 Å². The van der Waals surface area contributed by atoms with Crippen LogP contribution in [0, 0.1) is 0 Å². The van der Waals surface area contributed by atoms with Crippen LogP contribution in [0.4, 0.5) is 5.69 Å². The topological polar surface area (TPSA) is 64.6 Å². The van der Waals surface area contributed by atoms with Gasteiger partial charge in [-0.15, -0.1) is 0 Å². The minimum Gasteiger partial charge on any atom is -0.490 e. The number of ether oxygens (including phenoxy) is 2. The Morgan fingerprint density at radius 2 is 1.41 bits per heavy atom. The summed E-state index contributed by atoms with van der Waals surface area (Å²) in [7, 11) is -3.69. The van der Waals surface area contributed by atoms with Gasteiger partial charge in [0.1, 0.15) is 0 Å². The van der Waals surface area contributed by atoms with E-state index in [2.05, 4.69) is 4.72 Å². The van der Waals surface area contributed by atoms with Crippen LogP contribution < -0.4 is 14.2 Å². The van der Waals surface area contributed by atoms with Gasteiger partial charge in [0, 0.05) is 12.5 Å². The molecule has 0 saturated carbocycles. The molecule has 0 amide bonds. The second kappa shape index (κ2) is 7.32. The Morgan fingerprint density at radius 1 is 0.741 bits per heavy atom. The van der Waals surface area contributed by atoms with Crippen molar-refractivity contribution in [2.45, 2.75) is 11.3 Å². The molecule has 0 saturated heterocycles. The van der Waals surface area contributed by atoms with Gasteiger partial charge in [-0.05, 0) is 35.4 Å². The standard InChI is InChI=1S/C21H19NO4S/c23-27(24,19-10-7-17(8-11-19)16-5-2-1-3-6-16)22-18-9-12-20-21(15-18)26-14-4-13-25-20/h1-3,5-12,15,22H,4,13-14H2. The first-order chi connectivity index (χ1) is 13.1. The number of hydrogen-bond donors (Lipinski definition) is 1. The number of benzene rings is 3. The predicted octanol–water partition coefficient (Wildman–Crippen LogP) is 4.32. The van der Waals surface area contributed by atoms with E-state index >= 15 is 0 Å². The van der Waals surface area contributed by atoms with Crippen LogP contribution >= 0.6 is 0 Å². The monoisotopic (exact) mass is 381 g/mol. The van der Waals surface area contributed by atoms with Crippen molar-refractivity contribution < 1.29 is 17.9 Å². The molecule has 3 aromatic carbocycles. The van der Waals surface area contributed by atoms with Gasteiger partial charge in [-0.25, -0.2) is 8.42 Å². The average Bonchev–Trinajstić information content (AvgIpc) is 2.93. The summed E-state index contributed by atoms with van der Waals surface area (Å²) in [6.45, 7) is 1.13. The highest BCUT2D eigenvalue weighted by molar-refractivity contribution is 7.92. The van der Waals surface area contributed by atoms with Crippen LogP contribution in [0.1, 0.15) is 6.42 Å². The summed E-state index contributed by atoms with van der Waals surface area (Å²) in [6.07, 6.45) is 0.795. The third-order valence-electron chi connectivity index (χ3n) is 4.27. The SMILES string of the molecule is O=S(=O)(Nc1ccc2c(c1)OCCCO2)c1ccc(-c2ccccc2)cc1. The zero-order valence-electron chi connectivity index (χ0n) is 14.6. The molecule has 1 aliphatic heterocycles. The van der Waals surface area contributed by atoms with Crippen molar-refractivity contribution in [1.82, 2.24) is 0 Å². The average molecular weight is 381 g/mol. The van der Waals surface area contributed by atoms with Crippen LogP contribution in [0.2, 0.25) is 0 Å². The van der Waals surface area contributed by atoms with Crippen molar-refractivity contribution in [3.05, 3.63) is 72.8 Å². The van der Waals surface area contributed by atoms with Crippen molar-refractivity contribution >= 4 is 15.7 Å². The molecule has 0 aromatic heterocycles. The fourth-order valence-corrected chi connectivity index (χ4v) is 3.95. The normalized spacial score (nSPS) is 13.6. The Bertz CT molecular complexity index is 1030. The minimum absolute atomic E-state index is 0.203. The van der Waals surface area contributed by atoms with Crippen molar-refractivity contribution in [2.24, 2.45) is 0 Å². The van der Waals surface area contributed by atoms with E-state index in [1.54, 1.807) is 42.5 Å². The van der Waals surface area contributed by atoms with Crippen molar-refractivity contribution in [3.63, 3.8) is 0 Å². The molecule has 0 atom stereocenters. The Labute approximate surface area is 158 Å². The van der Waals surface area contributed by atoms with Crippen LogP contribution in [0.3, 0.4) is 0 Å². The molecule has 4 rings (SSSR count). The molecule has 0 unspecified atom stereocenters. The van der Waals surface area contributed by atoms with E-state index in [4.69, 9.17) is 9.47 Å². The van der Waals surface area contributed by atoms with E-state index in [1.165, 1.54) is 0 Å². The van der Waals surface area contributed by atoms with E-state index in [1.807, 2.05) is 30.3 Å². The first-order valence-corrected chi connectivity index (χ1v) is 10.2. The summed E-state index contributed by atoms with van der Waals surface area (Å²) in [5, 5.41) is 0. The molecular formula is C21H19NO4S. The largest absolute Gasteiger partial charge is 0.490 e. The summed E-state index contributed by atoms with van der Waals surface area (Å²) >= 11 is 0. The number of rotatable bonds is 4. The van der Waals surface area contributed by atoms with Gasteiger partial charge in [-0.1, -0.05) is 42.5 Å². The summed E-state index contributed by atoms with van der Waals surface area (Å²) in [6, 6.07) is 21.7. The molecule has 27 heavy (non-hydrogen) atoms. The summed E-state index contributed by atoms with van der Waals surface area (Å²) in [5.74, 6) is 1.18. The minimum atomic E-state index is -3.69. The van der Waals surface area contributed by atoms with Crippen molar-refractivity contribution in [3.8, 4) is 22.6 Å². The Morgan fingerprint density at radius 3 is 2.15 bits per heavy atom. The number of hydrogen-bond acceptors (Lipinski definition) is 4. The van der Waals surface area contributed by atoms with Gasteiger partial charge < -0.3 is 9.47 Å². The molecule has 0 spiro atoms. The number of anilines is 1. The first-order valence-electron chi connectivity index (χ1n) is 8.70. The fourth-order valence-electron chi connectivity index (χ4n) is 2.90. The molecule has 5 nitrogen and oxygen atoms in total. The number of sulfonamides is 1. The first kappa shape index (κ1) is 17.4. The lowest BCUT2D eigenvalue weighted by Gasteiger charge is -2.12. The van der Waals surface area contributed by atoms with E-state index in [0.717, 1.165) is 17.5 Å². The molecule has 1 N–H and O–H groups in total. The maximum Gasteiger partial charge on any atom is 0.261 e. The maximum atomic E-state index is 12.7. The summed E-state index contributed by atoms with van der Waals surface area (Å²) in [5.41, 5.74) is 2.44. The van der Waals surface area contributed by atoms with Crippen LogP contribution in [0.5, 0.6) is 11.5 Å². The third-order valence-corrected chi connectivity index (χ3v) is 5.67. The molecule has 0 aliphatic carbocycles. The Hall–Kier alpha value is -2.99. The second-order valence-electron chi connectivity index (χ2n) is 6.21. The lowest BCUT2D eigenvalue weighted by molar-refractivity contribution is 0.297. The molecule has 1 aliphatic rings. The van der Waals surface area contributed by atoms with Crippen LogP contribution in [0.15, 0.2) is 77.7 Å². The molecule has 1 heterocycles. The van der Waals surface area contributed by atoms with Gasteiger partial charge in [-0.2, -0.15) is 0 Å². The lowest BCUT2D eigenvalue weighted by Crippen LogP contribution is -2.13. The molecule has 138 valence electrons. The van der Waals surface area contributed by atoms with E-state index < -0.39 is 10.0 Å². The van der Waals surface area contributed by atoms with Gasteiger partial charge in [0.2, 0.25) is 0 Å². The van der Waals surface area contributed by atoms with Gasteiger partial charge in [0.15, 0.2) is 11.5 Å². The maximum absolute atomic E-state index is 12.7. The highest BCUT2D eigenvalue weighted by Crippen LogP contribution is 2.33. The number of nitrogens with one attached hydrogen (secondary N) is 1. The smallest absolute Gasteiger partial charge is 0.261 e. The van der Waals surface area contributed by atoms with Gasteiger partial charge >= 0.3 is 0 Å². The highest BCUT2D eigenvalue weighted by atomic mass is 32.2. The zero-order valence-corrected chi connectivity index (χ0v) is 15.4. The number of fused-ring (bicyclic) bond motifs is 1. The Kier molecular flexibility index (Phi) is 4.73. The summed E-state index contributed by atoms with van der Waals surface area (Å²) in [4.78, 5) is 0.203. The van der Waals surface area contributed by atoms with Crippen molar-refractivity contribution in [1.29, 1.82) is 0 Å².